The molecule has 1 amide bonds. The molecule has 9 nitrogen and oxygen atoms in total. The Hall–Kier alpha value is -4.05. The molecule has 2 N–H and O–H groups in total. The van der Waals surface area contributed by atoms with Crippen LogP contribution in [0.15, 0.2) is 64.8 Å². The molecular formula is C23H21N5O4S. The van der Waals surface area contributed by atoms with Crippen LogP contribution in [0.4, 0.5) is 5.82 Å². The van der Waals surface area contributed by atoms with E-state index in [9.17, 15) is 14.4 Å². The largest absolute Gasteiger partial charge is 0.466 e. The van der Waals surface area contributed by atoms with Crippen molar-refractivity contribution < 1.29 is 14.3 Å². The first-order valence-corrected chi connectivity index (χ1v) is 11.2. The van der Waals surface area contributed by atoms with Crippen molar-refractivity contribution in [2.45, 2.75) is 19.8 Å². The summed E-state index contributed by atoms with van der Waals surface area (Å²) in [7, 11) is 0. The average Bonchev–Trinajstić information content (AvgIpc) is 3.48. The van der Waals surface area contributed by atoms with Gasteiger partial charge in [0.15, 0.2) is 0 Å². The second kappa shape index (κ2) is 10.0. The first-order valence-electron chi connectivity index (χ1n) is 10.3. The lowest BCUT2D eigenvalue weighted by molar-refractivity contribution is -0.144. The predicted molar refractivity (Wildman–Crippen MR) is 125 cm³/mol. The Morgan fingerprint density at radius 2 is 1.91 bits per heavy atom. The number of ether oxygens (including phenoxy) is 1. The molecule has 0 atom stereocenters. The van der Waals surface area contributed by atoms with Crippen LogP contribution in [-0.2, 0) is 14.3 Å². The number of hydrogen-bond acceptors (Lipinski definition) is 7. The van der Waals surface area contributed by atoms with Crippen LogP contribution in [0.5, 0.6) is 0 Å². The maximum absolute atomic E-state index is 12.5. The van der Waals surface area contributed by atoms with Crippen molar-refractivity contribution in [2.75, 3.05) is 11.9 Å². The van der Waals surface area contributed by atoms with E-state index in [2.05, 4.69) is 20.4 Å². The van der Waals surface area contributed by atoms with Gasteiger partial charge in [0.05, 0.1) is 23.6 Å². The van der Waals surface area contributed by atoms with Gasteiger partial charge >= 0.3 is 5.97 Å². The molecule has 0 spiro atoms. The van der Waals surface area contributed by atoms with Gasteiger partial charge in [-0.1, -0.05) is 36.4 Å². The van der Waals surface area contributed by atoms with Gasteiger partial charge in [-0.25, -0.2) is 4.98 Å². The number of carbonyl (C=O) groups is 2. The molecule has 3 aromatic heterocycles. The second-order valence-electron chi connectivity index (χ2n) is 6.98. The van der Waals surface area contributed by atoms with Crippen LogP contribution in [0.3, 0.4) is 0 Å². The summed E-state index contributed by atoms with van der Waals surface area (Å²) < 4.78 is 6.25. The van der Waals surface area contributed by atoms with Gasteiger partial charge in [0.1, 0.15) is 11.5 Å². The van der Waals surface area contributed by atoms with Crippen molar-refractivity contribution in [3.8, 4) is 27.8 Å². The summed E-state index contributed by atoms with van der Waals surface area (Å²) in [5.74, 6) is -0.351. The Morgan fingerprint density at radius 3 is 2.64 bits per heavy atom. The van der Waals surface area contributed by atoms with Gasteiger partial charge in [0.2, 0.25) is 11.9 Å². The molecule has 0 aliphatic carbocycles. The van der Waals surface area contributed by atoms with Crippen LogP contribution in [0.25, 0.3) is 27.8 Å². The van der Waals surface area contributed by atoms with Gasteiger partial charge in [-0.3, -0.25) is 19.4 Å². The Kier molecular flexibility index (Phi) is 6.75. The van der Waals surface area contributed by atoms with Crippen LogP contribution >= 0.6 is 11.3 Å². The van der Waals surface area contributed by atoms with E-state index in [-0.39, 0.29) is 36.9 Å². The molecule has 0 aliphatic rings. The maximum atomic E-state index is 12.5. The Bertz CT molecular complexity index is 1310. The highest BCUT2D eigenvalue weighted by Crippen LogP contribution is 2.27. The first kappa shape index (κ1) is 22.2. The van der Waals surface area contributed by atoms with Crippen molar-refractivity contribution in [1.29, 1.82) is 0 Å². The van der Waals surface area contributed by atoms with Crippen LogP contribution in [0, 0.1) is 0 Å². The number of rotatable bonds is 8. The van der Waals surface area contributed by atoms with E-state index < -0.39 is 5.97 Å². The molecule has 0 bridgehead atoms. The highest BCUT2D eigenvalue weighted by Gasteiger charge is 2.17. The highest BCUT2D eigenvalue weighted by molar-refractivity contribution is 7.13. The zero-order valence-corrected chi connectivity index (χ0v) is 18.6. The van der Waals surface area contributed by atoms with Crippen LogP contribution in [-0.4, -0.2) is 38.2 Å². The summed E-state index contributed by atoms with van der Waals surface area (Å²) in [5, 5.41) is 9.25. The van der Waals surface area contributed by atoms with Crippen LogP contribution < -0.4 is 10.9 Å². The van der Waals surface area contributed by atoms with Crippen molar-refractivity contribution in [3.05, 3.63) is 70.3 Å². The number of hydrogen-bond donors (Lipinski definition) is 2. The minimum atomic E-state index is -0.443. The lowest BCUT2D eigenvalue weighted by Gasteiger charge is -2.09. The fourth-order valence-corrected chi connectivity index (χ4v) is 3.81. The van der Waals surface area contributed by atoms with Crippen molar-refractivity contribution in [3.63, 3.8) is 0 Å². The van der Waals surface area contributed by atoms with E-state index in [1.165, 1.54) is 22.1 Å². The summed E-state index contributed by atoms with van der Waals surface area (Å²) >= 11 is 1.49. The monoisotopic (exact) mass is 463 g/mol. The highest BCUT2D eigenvalue weighted by atomic mass is 32.1. The van der Waals surface area contributed by atoms with Gasteiger partial charge < -0.3 is 10.1 Å². The number of esters is 1. The second-order valence-corrected chi connectivity index (χ2v) is 7.93. The van der Waals surface area contributed by atoms with E-state index in [1.54, 1.807) is 13.0 Å². The number of aromatic amines is 1. The lowest BCUT2D eigenvalue weighted by Crippen LogP contribution is -2.19. The number of anilines is 1. The van der Waals surface area contributed by atoms with Gasteiger partial charge in [0, 0.05) is 24.1 Å². The summed E-state index contributed by atoms with van der Waals surface area (Å²) in [4.78, 5) is 44.6. The number of thiophene rings is 1. The molecule has 0 unspecified atom stereocenters. The predicted octanol–water partition coefficient (Wildman–Crippen LogP) is 3.63. The fraction of sp³-hybridized carbons (Fsp3) is 0.174. The Morgan fingerprint density at radius 1 is 1.09 bits per heavy atom. The zero-order chi connectivity index (χ0) is 23.2. The molecule has 4 rings (SSSR count). The molecule has 0 saturated carbocycles. The molecular weight excluding hydrogens is 442 g/mol. The molecule has 168 valence electrons. The Balaban J connectivity index is 1.69. The van der Waals surface area contributed by atoms with E-state index >= 15 is 0 Å². The molecule has 33 heavy (non-hydrogen) atoms. The van der Waals surface area contributed by atoms with Gasteiger partial charge in [0.25, 0.3) is 5.56 Å². The zero-order valence-electron chi connectivity index (χ0n) is 17.8. The van der Waals surface area contributed by atoms with E-state index in [0.717, 1.165) is 10.4 Å². The molecule has 0 aliphatic heterocycles. The summed E-state index contributed by atoms with van der Waals surface area (Å²) in [6, 6.07) is 16.2. The normalized spacial score (nSPS) is 10.7. The number of carbonyl (C=O) groups excluding carboxylic acids is 2. The number of amides is 1. The molecule has 0 radical (unpaired) electrons. The average molecular weight is 464 g/mol. The molecule has 4 aromatic rings. The van der Waals surface area contributed by atoms with Crippen LogP contribution in [0.2, 0.25) is 0 Å². The SMILES string of the molecule is CCOC(=O)CCC(=O)Nc1cc(-c2cccs2)nn1-c1nc(-c2ccccc2)cc(=O)[nH]1. The number of aromatic nitrogens is 4. The lowest BCUT2D eigenvalue weighted by atomic mass is 10.1. The van der Waals surface area contributed by atoms with Gasteiger partial charge in [-0.05, 0) is 18.4 Å². The number of H-pyrrole nitrogens is 1. The smallest absolute Gasteiger partial charge is 0.306 e. The molecule has 1 aromatic carbocycles. The topological polar surface area (TPSA) is 119 Å². The number of nitrogens with zero attached hydrogens (tertiary/aromatic N) is 3. The summed E-state index contributed by atoms with van der Waals surface area (Å²) in [6.07, 6.45) is -0.0868. The fourth-order valence-electron chi connectivity index (χ4n) is 3.13. The number of nitrogens with one attached hydrogen (secondary N) is 2. The van der Waals surface area contributed by atoms with Crippen molar-refractivity contribution in [2.24, 2.45) is 0 Å². The molecule has 0 saturated heterocycles. The number of benzene rings is 1. The minimum Gasteiger partial charge on any atom is -0.466 e. The van der Waals surface area contributed by atoms with E-state index in [1.807, 2.05) is 47.8 Å². The molecule has 0 fully saturated rings. The molecule has 3 heterocycles. The van der Waals surface area contributed by atoms with Crippen LogP contribution in [0.1, 0.15) is 19.8 Å². The third-order valence-corrected chi connectivity index (χ3v) is 5.50. The third kappa shape index (κ3) is 5.42. The summed E-state index contributed by atoms with van der Waals surface area (Å²) in [6.45, 7) is 1.97. The van der Waals surface area contributed by atoms with Crippen molar-refractivity contribution >= 4 is 29.0 Å². The third-order valence-electron chi connectivity index (χ3n) is 4.61. The van der Waals surface area contributed by atoms with Crippen molar-refractivity contribution in [1.82, 2.24) is 19.7 Å². The Labute approximate surface area is 193 Å². The van der Waals surface area contributed by atoms with Gasteiger partial charge in [-0.2, -0.15) is 9.78 Å². The van der Waals surface area contributed by atoms with E-state index in [0.29, 0.717) is 17.2 Å². The van der Waals surface area contributed by atoms with E-state index in [4.69, 9.17) is 4.74 Å². The summed E-state index contributed by atoms with van der Waals surface area (Å²) in [5.41, 5.74) is 1.50. The maximum Gasteiger partial charge on any atom is 0.306 e. The van der Waals surface area contributed by atoms with Gasteiger partial charge in [-0.15, -0.1) is 11.3 Å². The standard InChI is InChI=1S/C23H21N5O4S/c1-2-32-22(31)11-10-20(29)25-19-13-17(18-9-6-12-33-18)27-28(19)23-24-16(14-21(30)26-23)15-7-4-3-5-8-15/h3-9,12-14H,2,10-11H2,1H3,(H,25,29)(H,24,26,30). The molecule has 10 heteroatoms. The quantitative estimate of drug-likeness (QED) is 0.385. The first-order chi connectivity index (χ1) is 16.0. The minimum absolute atomic E-state index is 0.0375.